The molecule has 0 saturated carbocycles. The minimum absolute atomic E-state index is 0.0949. The van der Waals surface area contributed by atoms with Gasteiger partial charge in [0.1, 0.15) is 0 Å². The lowest BCUT2D eigenvalue weighted by Gasteiger charge is -2.30. The van der Waals surface area contributed by atoms with Crippen LogP contribution in [0.1, 0.15) is 31.3 Å². The zero-order chi connectivity index (χ0) is 15.5. The predicted molar refractivity (Wildman–Crippen MR) is 76.5 cm³/mol. The number of carbonyl (C=O) groups excluding carboxylic acids is 1. The SMILES string of the molecule is CCN(CC(C)(C)CN)C(=O)c1ccc([N+](=O)[O-])n1C. The van der Waals surface area contributed by atoms with Crippen LogP contribution in [0.5, 0.6) is 0 Å². The normalized spacial score (nSPS) is 11.4. The van der Waals surface area contributed by atoms with E-state index in [-0.39, 0.29) is 17.1 Å². The number of amides is 1. The molecule has 0 aromatic carbocycles. The van der Waals surface area contributed by atoms with Crippen molar-refractivity contribution in [3.05, 3.63) is 27.9 Å². The molecule has 0 radical (unpaired) electrons. The molecule has 0 bridgehead atoms. The van der Waals surface area contributed by atoms with Gasteiger partial charge >= 0.3 is 5.82 Å². The Morgan fingerprint density at radius 2 is 2.10 bits per heavy atom. The number of nitrogens with zero attached hydrogens (tertiary/aromatic N) is 3. The van der Waals surface area contributed by atoms with Crippen LogP contribution in [0.2, 0.25) is 0 Å². The van der Waals surface area contributed by atoms with Gasteiger partial charge in [0.05, 0.1) is 7.05 Å². The Morgan fingerprint density at radius 1 is 1.50 bits per heavy atom. The van der Waals surface area contributed by atoms with Gasteiger partial charge in [-0.3, -0.25) is 4.79 Å². The monoisotopic (exact) mass is 282 g/mol. The Bertz CT molecular complexity index is 508. The molecule has 2 N–H and O–H groups in total. The Morgan fingerprint density at radius 3 is 2.50 bits per heavy atom. The molecule has 20 heavy (non-hydrogen) atoms. The third kappa shape index (κ3) is 3.36. The van der Waals surface area contributed by atoms with Gasteiger partial charge in [0.15, 0.2) is 5.69 Å². The second-order valence-corrected chi connectivity index (χ2v) is 5.58. The smallest absolute Gasteiger partial charge is 0.323 e. The fraction of sp³-hybridized carbons (Fsp3) is 0.615. The highest BCUT2D eigenvalue weighted by Gasteiger charge is 2.28. The van der Waals surface area contributed by atoms with Crippen molar-refractivity contribution in [2.24, 2.45) is 18.2 Å². The van der Waals surface area contributed by atoms with Crippen LogP contribution in [-0.2, 0) is 7.05 Å². The van der Waals surface area contributed by atoms with E-state index >= 15 is 0 Å². The highest BCUT2D eigenvalue weighted by atomic mass is 16.6. The third-order valence-corrected chi connectivity index (χ3v) is 3.34. The van der Waals surface area contributed by atoms with E-state index in [2.05, 4.69) is 0 Å². The summed E-state index contributed by atoms with van der Waals surface area (Å²) in [7, 11) is 1.52. The maximum Gasteiger partial charge on any atom is 0.323 e. The molecular weight excluding hydrogens is 260 g/mol. The first-order chi connectivity index (χ1) is 9.23. The molecule has 0 fully saturated rings. The summed E-state index contributed by atoms with van der Waals surface area (Å²) in [6.45, 7) is 7.34. The summed E-state index contributed by atoms with van der Waals surface area (Å²) in [5.74, 6) is -0.313. The summed E-state index contributed by atoms with van der Waals surface area (Å²) in [6, 6.07) is 2.83. The number of hydrogen-bond donors (Lipinski definition) is 1. The molecule has 7 heteroatoms. The van der Waals surface area contributed by atoms with Crippen LogP contribution in [0, 0.1) is 15.5 Å². The molecule has 1 rings (SSSR count). The molecule has 1 heterocycles. The molecule has 0 spiro atoms. The summed E-state index contributed by atoms with van der Waals surface area (Å²) < 4.78 is 1.31. The van der Waals surface area contributed by atoms with Crippen LogP contribution >= 0.6 is 0 Å². The highest BCUT2D eigenvalue weighted by Crippen LogP contribution is 2.20. The summed E-state index contributed by atoms with van der Waals surface area (Å²) in [5.41, 5.74) is 5.81. The lowest BCUT2D eigenvalue weighted by Crippen LogP contribution is -2.42. The van der Waals surface area contributed by atoms with Gasteiger partial charge in [-0.25, -0.2) is 4.57 Å². The Hall–Kier alpha value is -1.89. The molecule has 0 aliphatic carbocycles. The van der Waals surface area contributed by atoms with Gasteiger partial charge in [-0.05, 0) is 29.9 Å². The quantitative estimate of drug-likeness (QED) is 0.630. The first kappa shape index (κ1) is 16.2. The molecular formula is C13H22N4O3. The van der Waals surface area contributed by atoms with E-state index < -0.39 is 4.92 Å². The largest absolute Gasteiger partial charge is 0.358 e. The fourth-order valence-electron chi connectivity index (χ4n) is 1.97. The van der Waals surface area contributed by atoms with Crippen molar-refractivity contribution in [3.63, 3.8) is 0 Å². The zero-order valence-corrected chi connectivity index (χ0v) is 12.4. The standard InChI is InChI=1S/C13H22N4O3/c1-5-16(9-13(2,3)8-14)12(18)10-6-7-11(15(10)4)17(19)20/h6-7H,5,8-9,14H2,1-4H3. The summed E-state index contributed by atoms with van der Waals surface area (Å²) in [4.78, 5) is 24.4. The van der Waals surface area contributed by atoms with Gasteiger partial charge in [-0.15, -0.1) is 0 Å². The van der Waals surface area contributed by atoms with Gasteiger partial charge in [0.2, 0.25) is 0 Å². The van der Waals surface area contributed by atoms with Crippen molar-refractivity contribution in [2.75, 3.05) is 19.6 Å². The van der Waals surface area contributed by atoms with E-state index in [4.69, 9.17) is 5.73 Å². The summed E-state index contributed by atoms with van der Waals surface area (Å²) >= 11 is 0. The molecule has 7 nitrogen and oxygen atoms in total. The minimum Gasteiger partial charge on any atom is -0.358 e. The van der Waals surface area contributed by atoms with Gasteiger partial charge in [0.25, 0.3) is 5.91 Å². The topological polar surface area (TPSA) is 94.4 Å². The van der Waals surface area contributed by atoms with Crippen LogP contribution in [0.15, 0.2) is 12.1 Å². The van der Waals surface area contributed by atoms with E-state index in [1.807, 2.05) is 20.8 Å². The Kier molecular flexibility index (Phi) is 4.88. The average molecular weight is 282 g/mol. The molecule has 0 unspecified atom stereocenters. The molecule has 112 valence electrons. The van der Waals surface area contributed by atoms with Gasteiger partial charge in [-0.2, -0.15) is 0 Å². The molecule has 0 aliphatic heterocycles. The van der Waals surface area contributed by atoms with Gasteiger partial charge in [0, 0.05) is 19.2 Å². The number of nitrogens with two attached hydrogens (primary N) is 1. The van der Waals surface area contributed by atoms with Crippen LogP contribution in [0.25, 0.3) is 0 Å². The number of nitro groups is 1. The maximum atomic E-state index is 12.5. The minimum atomic E-state index is -0.503. The predicted octanol–water partition coefficient (Wildman–Crippen LogP) is 1.38. The third-order valence-electron chi connectivity index (χ3n) is 3.34. The number of carbonyl (C=O) groups is 1. The molecule has 1 amide bonds. The van der Waals surface area contributed by atoms with Gasteiger partial charge in [-0.1, -0.05) is 13.8 Å². The second kappa shape index (κ2) is 6.04. The van der Waals surface area contributed by atoms with E-state index in [0.29, 0.717) is 25.3 Å². The Labute approximate surface area is 118 Å². The average Bonchev–Trinajstić information content (AvgIpc) is 2.77. The van der Waals surface area contributed by atoms with Crippen molar-refractivity contribution < 1.29 is 9.72 Å². The zero-order valence-electron chi connectivity index (χ0n) is 12.4. The molecule has 0 saturated heterocycles. The van der Waals surface area contributed by atoms with E-state index in [0.717, 1.165) is 0 Å². The number of rotatable bonds is 6. The fourth-order valence-corrected chi connectivity index (χ4v) is 1.97. The van der Waals surface area contributed by atoms with Crippen LogP contribution in [0.3, 0.4) is 0 Å². The van der Waals surface area contributed by atoms with Crippen LogP contribution in [0.4, 0.5) is 5.82 Å². The van der Waals surface area contributed by atoms with Crippen LogP contribution < -0.4 is 5.73 Å². The molecule has 1 aromatic rings. The van der Waals surface area contributed by atoms with Gasteiger partial charge < -0.3 is 20.7 Å². The maximum absolute atomic E-state index is 12.5. The van der Waals surface area contributed by atoms with E-state index in [1.54, 1.807) is 4.90 Å². The van der Waals surface area contributed by atoms with Crippen LogP contribution in [-0.4, -0.2) is 39.9 Å². The summed E-state index contributed by atoms with van der Waals surface area (Å²) in [5, 5.41) is 10.8. The number of hydrogen-bond acceptors (Lipinski definition) is 4. The number of aromatic nitrogens is 1. The molecule has 0 atom stereocenters. The van der Waals surface area contributed by atoms with Crippen molar-refractivity contribution in [1.29, 1.82) is 0 Å². The van der Waals surface area contributed by atoms with E-state index in [9.17, 15) is 14.9 Å². The highest BCUT2D eigenvalue weighted by molar-refractivity contribution is 5.93. The summed E-state index contributed by atoms with van der Waals surface area (Å²) in [6.07, 6.45) is 0. The van der Waals surface area contributed by atoms with Crippen molar-refractivity contribution >= 4 is 11.7 Å². The second-order valence-electron chi connectivity index (χ2n) is 5.58. The Balaban J connectivity index is 3.00. The first-order valence-electron chi connectivity index (χ1n) is 6.53. The lowest BCUT2D eigenvalue weighted by molar-refractivity contribution is -0.391. The molecule has 1 aromatic heterocycles. The first-order valence-corrected chi connectivity index (χ1v) is 6.53. The molecule has 0 aliphatic rings. The van der Waals surface area contributed by atoms with E-state index in [1.165, 1.54) is 23.7 Å². The van der Waals surface area contributed by atoms with Crippen molar-refractivity contribution in [3.8, 4) is 0 Å². The van der Waals surface area contributed by atoms with Crippen molar-refractivity contribution in [2.45, 2.75) is 20.8 Å². The lowest BCUT2D eigenvalue weighted by atomic mass is 9.93. The van der Waals surface area contributed by atoms with Crippen molar-refractivity contribution in [1.82, 2.24) is 9.47 Å².